The van der Waals surface area contributed by atoms with Crippen LogP contribution in [-0.4, -0.2) is 55.1 Å². The summed E-state index contributed by atoms with van der Waals surface area (Å²) >= 11 is 0. The molecule has 0 aromatic heterocycles. The molecule has 0 amide bonds. The van der Waals surface area contributed by atoms with E-state index in [0.29, 0.717) is 12.8 Å². The van der Waals surface area contributed by atoms with E-state index in [2.05, 4.69) is 0 Å². The van der Waals surface area contributed by atoms with Crippen LogP contribution in [0.15, 0.2) is 35.6 Å². The molecule has 7 nitrogen and oxygen atoms in total. The minimum atomic E-state index is -1.96. The lowest BCUT2D eigenvalue weighted by Gasteiger charge is -2.63. The van der Waals surface area contributed by atoms with Crippen molar-refractivity contribution in [2.75, 3.05) is 0 Å². The van der Waals surface area contributed by atoms with E-state index in [4.69, 9.17) is 0 Å². The van der Waals surface area contributed by atoms with E-state index in [0.717, 1.165) is 11.6 Å². The quantitative estimate of drug-likeness (QED) is 0.333. The predicted octanol–water partition coefficient (Wildman–Crippen LogP) is 3.62. The summed E-state index contributed by atoms with van der Waals surface area (Å²) in [5, 5.41) is 43.6. The van der Waals surface area contributed by atoms with Crippen molar-refractivity contribution in [3.05, 3.63) is 35.6 Å². The summed E-state index contributed by atoms with van der Waals surface area (Å²) in [6.45, 7) is 13.8. The van der Waals surface area contributed by atoms with Crippen LogP contribution in [0, 0.1) is 39.4 Å². The molecule has 4 N–H and O–H groups in total. The van der Waals surface area contributed by atoms with Gasteiger partial charge in [-0.1, -0.05) is 38.5 Å². The summed E-state index contributed by atoms with van der Waals surface area (Å²) < 4.78 is 0. The van der Waals surface area contributed by atoms with Crippen molar-refractivity contribution in [1.29, 1.82) is 0 Å². The van der Waals surface area contributed by atoms with Gasteiger partial charge < -0.3 is 20.4 Å². The maximum atomic E-state index is 14.2. The number of hydrogen-bond donors (Lipinski definition) is 4. The number of carbonyl (C=O) groups is 3. The molecule has 0 aliphatic heterocycles. The van der Waals surface area contributed by atoms with Gasteiger partial charge in [0, 0.05) is 23.7 Å². The summed E-state index contributed by atoms with van der Waals surface area (Å²) in [6, 6.07) is 0. The number of aliphatic hydroxyl groups is 4. The third-order valence-electron chi connectivity index (χ3n) is 10.8. The summed E-state index contributed by atoms with van der Waals surface area (Å²) in [4.78, 5) is 40.1. The number of fused-ring (bicyclic) bond motifs is 5. The molecule has 0 radical (unpaired) electrons. The van der Waals surface area contributed by atoms with Crippen molar-refractivity contribution < 1.29 is 34.8 Å². The number of carbonyl (C=O) groups excluding carboxylic acids is 3. The first-order valence-corrected chi connectivity index (χ1v) is 13.2. The van der Waals surface area contributed by atoms with Gasteiger partial charge in [0.15, 0.2) is 11.5 Å². The van der Waals surface area contributed by atoms with Gasteiger partial charge >= 0.3 is 0 Å². The summed E-state index contributed by atoms with van der Waals surface area (Å²) in [6.07, 6.45) is 5.85. The van der Waals surface area contributed by atoms with Crippen LogP contribution in [0.1, 0.15) is 74.7 Å². The van der Waals surface area contributed by atoms with Gasteiger partial charge in [-0.2, -0.15) is 0 Å². The zero-order valence-electron chi connectivity index (χ0n) is 23.3. The van der Waals surface area contributed by atoms with Gasteiger partial charge in [-0.05, 0) is 76.4 Å². The number of hydrogen-bond acceptors (Lipinski definition) is 7. The Hall–Kier alpha value is -2.09. The van der Waals surface area contributed by atoms with Crippen LogP contribution < -0.4 is 0 Å². The molecular weight excluding hydrogens is 472 g/mol. The Kier molecular flexibility index (Phi) is 6.01. The van der Waals surface area contributed by atoms with Crippen LogP contribution in [0.5, 0.6) is 0 Å². The average molecular weight is 515 g/mol. The molecule has 0 spiro atoms. The van der Waals surface area contributed by atoms with Crippen LogP contribution in [-0.2, 0) is 14.4 Å². The summed E-state index contributed by atoms with van der Waals surface area (Å²) in [7, 11) is 0. The molecule has 4 rings (SSSR count). The number of rotatable bonds is 4. The van der Waals surface area contributed by atoms with Crippen molar-refractivity contribution in [3.8, 4) is 0 Å². The SMILES string of the molecule is CC(C)(O)/C=C/C(=O)[C@@](C)(O)C1[C@H](O)C[C@@]2(C)[C@@H]3CC=C4[C@H](C=C(O)C(=O)C4(C)C)[C@]3(C)C(=O)C[C@]12C. The number of aliphatic hydroxyl groups excluding tert-OH is 2. The lowest BCUT2D eigenvalue weighted by atomic mass is 9.39. The third-order valence-corrected chi connectivity index (χ3v) is 10.8. The van der Waals surface area contributed by atoms with E-state index in [1.807, 2.05) is 26.8 Å². The van der Waals surface area contributed by atoms with Crippen molar-refractivity contribution in [3.63, 3.8) is 0 Å². The molecule has 37 heavy (non-hydrogen) atoms. The minimum Gasteiger partial charge on any atom is -0.505 e. The molecule has 0 aromatic rings. The Labute approximate surface area is 219 Å². The lowest BCUT2D eigenvalue weighted by Crippen LogP contribution is -2.64. The minimum absolute atomic E-state index is 0.0453. The average Bonchev–Trinajstić information content (AvgIpc) is 2.96. The predicted molar refractivity (Wildman–Crippen MR) is 138 cm³/mol. The van der Waals surface area contributed by atoms with E-state index >= 15 is 0 Å². The number of Topliss-reactive ketones (excluding diaryl/α,β-unsaturated/α-hetero) is 2. The molecule has 0 bridgehead atoms. The van der Waals surface area contributed by atoms with E-state index in [-0.39, 0.29) is 29.7 Å². The van der Waals surface area contributed by atoms with E-state index in [1.54, 1.807) is 13.8 Å². The summed E-state index contributed by atoms with van der Waals surface area (Å²) in [5.41, 5.74) is -5.75. The molecule has 204 valence electrons. The third kappa shape index (κ3) is 3.60. The van der Waals surface area contributed by atoms with Gasteiger partial charge in [0.25, 0.3) is 0 Å². The van der Waals surface area contributed by atoms with Gasteiger partial charge in [0.05, 0.1) is 17.1 Å². The van der Waals surface area contributed by atoms with E-state index in [1.165, 1.54) is 32.9 Å². The Morgan fingerprint density at radius 2 is 1.65 bits per heavy atom. The van der Waals surface area contributed by atoms with Crippen LogP contribution in [0.25, 0.3) is 0 Å². The Morgan fingerprint density at radius 3 is 2.22 bits per heavy atom. The first kappa shape index (κ1) is 27.9. The second-order valence-corrected chi connectivity index (χ2v) is 13.9. The molecule has 2 fully saturated rings. The van der Waals surface area contributed by atoms with Crippen LogP contribution >= 0.6 is 0 Å². The second-order valence-electron chi connectivity index (χ2n) is 13.9. The molecular formula is C30H42O7. The molecule has 2 saturated carbocycles. The smallest absolute Gasteiger partial charge is 0.206 e. The monoisotopic (exact) mass is 514 g/mol. The Balaban J connectivity index is 1.82. The summed E-state index contributed by atoms with van der Waals surface area (Å²) in [5.74, 6) is -2.98. The van der Waals surface area contributed by atoms with Crippen LogP contribution in [0.3, 0.4) is 0 Å². The highest BCUT2D eigenvalue weighted by Gasteiger charge is 2.74. The van der Waals surface area contributed by atoms with Crippen molar-refractivity contribution in [2.45, 2.75) is 92.0 Å². The lowest BCUT2D eigenvalue weighted by molar-refractivity contribution is -0.179. The number of allylic oxidation sites excluding steroid dienone is 4. The van der Waals surface area contributed by atoms with Gasteiger partial charge in [-0.15, -0.1) is 0 Å². The Bertz CT molecular complexity index is 1150. The topological polar surface area (TPSA) is 132 Å². The molecule has 7 heteroatoms. The molecule has 4 aliphatic rings. The second kappa shape index (κ2) is 7.96. The van der Waals surface area contributed by atoms with Crippen LogP contribution in [0.4, 0.5) is 0 Å². The van der Waals surface area contributed by atoms with Crippen molar-refractivity contribution in [1.82, 2.24) is 0 Å². The molecule has 0 heterocycles. The first-order chi connectivity index (χ1) is 16.7. The standard InChI is InChI=1S/C30H42O7/c1-25(2,36)12-11-21(33)30(8,37)23-19(32)14-27(5)20-10-9-16-17(13-18(31)24(35)26(16,3)4)29(20,7)22(34)15-28(23,27)6/h9,11-13,17,19-20,23,31-32,36-37H,10,14-15H2,1-8H3/b12-11+/t17-,19+,20-,23?,27-,28+,29-,30+/m0/s1. The fourth-order valence-electron chi connectivity index (χ4n) is 8.58. The molecule has 0 aromatic carbocycles. The maximum Gasteiger partial charge on any atom is 0.206 e. The maximum absolute atomic E-state index is 14.2. The largest absolute Gasteiger partial charge is 0.505 e. The van der Waals surface area contributed by atoms with Crippen molar-refractivity contribution >= 4 is 17.3 Å². The van der Waals surface area contributed by atoms with Gasteiger partial charge in [0.2, 0.25) is 5.78 Å². The fraction of sp³-hybridized carbons (Fsp3) is 0.700. The zero-order valence-corrected chi connectivity index (χ0v) is 23.3. The van der Waals surface area contributed by atoms with Gasteiger partial charge in [0.1, 0.15) is 11.4 Å². The molecule has 0 saturated heterocycles. The first-order valence-electron chi connectivity index (χ1n) is 13.2. The highest BCUT2D eigenvalue weighted by Crippen LogP contribution is 2.73. The zero-order chi connectivity index (χ0) is 28.1. The van der Waals surface area contributed by atoms with E-state index < -0.39 is 56.6 Å². The Morgan fingerprint density at radius 1 is 1.05 bits per heavy atom. The van der Waals surface area contributed by atoms with Crippen molar-refractivity contribution in [2.24, 2.45) is 39.4 Å². The van der Waals surface area contributed by atoms with Crippen LogP contribution in [0.2, 0.25) is 0 Å². The molecule has 4 aliphatic carbocycles. The molecule has 8 atom stereocenters. The molecule has 1 unspecified atom stereocenters. The van der Waals surface area contributed by atoms with E-state index in [9.17, 15) is 34.8 Å². The normalized spacial score (nSPS) is 42.9. The fourth-order valence-corrected chi connectivity index (χ4v) is 8.58. The van der Waals surface area contributed by atoms with Gasteiger partial charge in [-0.3, -0.25) is 14.4 Å². The number of ketones is 3. The highest BCUT2D eigenvalue weighted by molar-refractivity contribution is 6.02. The van der Waals surface area contributed by atoms with Gasteiger partial charge in [-0.25, -0.2) is 0 Å². The highest BCUT2D eigenvalue weighted by atomic mass is 16.3.